The number of methoxy groups -OCH3 is 1. The molecule has 6 heteroatoms. The molecule has 1 aliphatic heterocycles. The summed E-state index contributed by atoms with van der Waals surface area (Å²) < 4.78 is 18.6. The normalized spacial score (nSPS) is 13.8. The van der Waals surface area contributed by atoms with Gasteiger partial charge < -0.3 is 10.1 Å². The van der Waals surface area contributed by atoms with E-state index in [1.165, 1.54) is 24.3 Å². The smallest absolute Gasteiger partial charge is 0.282 e. The molecule has 0 aliphatic carbocycles. The number of amides is 2. The van der Waals surface area contributed by atoms with Crippen molar-refractivity contribution in [2.45, 2.75) is 6.92 Å². The fourth-order valence-corrected chi connectivity index (χ4v) is 3.38. The van der Waals surface area contributed by atoms with Crippen LogP contribution in [0.5, 0.6) is 5.75 Å². The zero-order chi connectivity index (χ0) is 21.3. The standard InChI is InChI=1S/C24H19FN2O3/c1-15-5-3-4-6-20(15)27-23(28)21(16-7-9-17(25)10-8-16)22(24(27)29)26-18-11-13-19(30-2)14-12-18/h3-14,26H,1-2H3. The minimum Gasteiger partial charge on any atom is -0.497 e. The first-order valence-electron chi connectivity index (χ1n) is 9.35. The number of aryl methyl sites for hydroxylation is 1. The van der Waals surface area contributed by atoms with Gasteiger partial charge in [0.05, 0.1) is 18.4 Å². The van der Waals surface area contributed by atoms with Gasteiger partial charge in [0.25, 0.3) is 11.8 Å². The predicted molar refractivity (Wildman–Crippen MR) is 114 cm³/mol. The van der Waals surface area contributed by atoms with Crippen LogP contribution in [0.25, 0.3) is 5.57 Å². The van der Waals surface area contributed by atoms with Crippen molar-refractivity contribution >= 4 is 28.8 Å². The largest absolute Gasteiger partial charge is 0.497 e. The van der Waals surface area contributed by atoms with Crippen molar-refractivity contribution in [1.82, 2.24) is 0 Å². The number of halogens is 1. The Morgan fingerprint density at radius 1 is 0.867 bits per heavy atom. The SMILES string of the molecule is COc1ccc(NC2=C(c3ccc(F)cc3)C(=O)N(c3ccccc3C)C2=O)cc1. The molecule has 1 heterocycles. The summed E-state index contributed by atoms with van der Waals surface area (Å²) >= 11 is 0. The molecule has 3 aromatic rings. The average molecular weight is 402 g/mol. The Balaban J connectivity index is 1.81. The van der Waals surface area contributed by atoms with Crippen molar-refractivity contribution < 1.29 is 18.7 Å². The van der Waals surface area contributed by atoms with Gasteiger partial charge in [0.2, 0.25) is 0 Å². The minimum atomic E-state index is -0.468. The van der Waals surface area contributed by atoms with E-state index >= 15 is 0 Å². The number of carbonyl (C=O) groups is 2. The van der Waals surface area contributed by atoms with E-state index < -0.39 is 17.6 Å². The second-order valence-electron chi connectivity index (χ2n) is 6.84. The number of rotatable bonds is 5. The van der Waals surface area contributed by atoms with E-state index in [4.69, 9.17) is 4.74 Å². The highest BCUT2D eigenvalue weighted by atomic mass is 19.1. The van der Waals surface area contributed by atoms with Crippen LogP contribution in [0.3, 0.4) is 0 Å². The fourth-order valence-electron chi connectivity index (χ4n) is 3.38. The van der Waals surface area contributed by atoms with Crippen LogP contribution in [0.4, 0.5) is 15.8 Å². The number of carbonyl (C=O) groups excluding carboxylic acids is 2. The second kappa shape index (κ2) is 7.83. The zero-order valence-corrected chi connectivity index (χ0v) is 16.5. The van der Waals surface area contributed by atoms with Gasteiger partial charge in [-0.3, -0.25) is 9.59 Å². The Kier molecular flexibility index (Phi) is 5.06. The van der Waals surface area contributed by atoms with Crippen molar-refractivity contribution in [1.29, 1.82) is 0 Å². The van der Waals surface area contributed by atoms with Gasteiger partial charge in [0, 0.05) is 5.69 Å². The van der Waals surface area contributed by atoms with E-state index in [0.29, 0.717) is 22.7 Å². The third-order valence-electron chi connectivity index (χ3n) is 4.93. The summed E-state index contributed by atoms with van der Waals surface area (Å²) in [6.45, 7) is 1.84. The van der Waals surface area contributed by atoms with Gasteiger partial charge in [-0.15, -0.1) is 0 Å². The number of benzene rings is 3. The van der Waals surface area contributed by atoms with Gasteiger partial charge >= 0.3 is 0 Å². The lowest BCUT2D eigenvalue weighted by Gasteiger charge is -2.17. The molecule has 30 heavy (non-hydrogen) atoms. The molecule has 1 N–H and O–H groups in total. The summed E-state index contributed by atoms with van der Waals surface area (Å²) in [5, 5.41) is 3.07. The number of hydrogen-bond acceptors (Lipinski definition) is 4. The van der Waals surface area contributed by atoms with Crippen LogP contribution in [-0.4, -0.2) is 18.9 Å². The summed E-state index contributed by atoms with van der Waals surface area (Å²) in [6.07, 6.45) is 0. The molecule has 0 radical (unpaired) electrons. The molecular weight excluding hydrogens is 383 g/mol. The molecule has 0 fully saturated rings. The number of para-hydroxylation sites is 1. The van der Waals surface area contributed by atoms with Crippen molar-refractivity contribution in [3.8, 4) is 5.75 Å². The lowest BCUT2D eigenvalue weighted by atomic mass is 10.0. The van der Waals surface area contributed by atoms with E-state index in [1.807, 2.05) is 19.1 Å². The predicted octanol–water partition coefficient (Wildman–Crippen LogP) is 4.54. The maximum atomic E-state index is 13.5. The van der Waals surface area contributed by atoms with Gasteiger partial charge in [0.15, 0.2) is 0 Å². The van der Waals surface area contributed by atoms with E-state index in [2.05, 4.69) is 5.32 Å². The Bertz CT molecular complexity index is 1150. The molecule has 1 aliphatic rings. The first-order chi connectivity index (χ1) is 14.5. The van der Waals surface area contributed by atoms with Crippen molar-refractivity contribution in [2.75, 3.05) is 17.3 Å². The first-order valence-corrected chi connectivity index (χ1v) is 9.35. The maximum absolute atomic E-state index is 13.5. The molecule has 0 aromatic heterocycles. The van der Waals surface area contributed by atoms with Crippen LogP contribution in [0.15, 0.2) is 78.5 Å². The van der Waals surface area contributed by atoms with E-state index in [-0.39, 0.29) is 11.3 Å². The Morgan fingerprint density at radius 3 is 2.17 bits per heavy atom. The van der Waals surface area contributed by atoms with Crippen LogP contribution < -0.4 is 15.0 Å². The number of imide groups is 1. The lowest BCUT2D eigenvalue weighted by Crippen LogP contribution is -2.33. The van der Waals surface area contributed by atoms with Crippen molar-refractivity contribution in [3.05, 3.63) is 95.4 Å². The third-order valence-corrected chi connectivity index (χ3v) is 4.93. The molecule has 5 nitrogen and oxygen atoms in total. The number of nitrogens with zero attached hydrogens (tertiary/aromatic N) is 1. The van der Waals surface area contributed by atoms with Crippen LogP contribution >= 0.6 is 0 Å². The molecule has 0 saturated heterocycles. The van der Waals surface area contributed by atoms with Crippen LogP contribution in [-0.2, 0) is 9.59 Å². The monoisotopic (exact) mass is 402 g/mol. The summed E-state index contributed by atoms with van der Waals surface area (Å²) in [6, 6.07) is 19.7. The molecule has 3 aromatic carbocycles. The minimum absolute atomic E-state index is 0.139. The van der Waals surface area contributed by atoms with Crippen LogP contribution in [0.1, 0.15) is 11.1 Å². The Labute approximate surface area is 173 Å². The fraction of sp³-hybridized carbons (Fsp3) is 0.0833. The summed E-state index contributed by atoms with van der Waals surface area (Å²) in [5.74, 6) is -0.679. The molecule has 0 unspecified atom stereocenters. The Morgan fingerprint density at radius 2 is 1.53 bits per heavy atom. The molecular formula is C24H19FN2O3. The van der Waals surface area contributed by atoms with Crippen molar-refractivity contribution in [3.63, 3.8) is 0 Å². The number of anilines is 2. The average Bonchev–Trinajstić information content (AvgIpc) is 2.99. The molecule has 0 spiro atoms. The highest BCUT2D eigenvalue weighted by Crippen LogP contribution is 2.35. The number of hydrogen-bond donors (Lipinski definition) is 1. The van der Waals surface area contributed by atoms with Gasteiger partial charge in [-0.1, -0.05) is 30.3 Å². The van der Waals surface area contributed by atoms with E-state index in [9.17, 15) is 14.0 Å². The van der Waals surface area contributed by atoms with Gasteiger partial charge in [-0.05, 0) is 60.5 Å². The molecule has 4 rings (SSSR count). The van der Waals surface area contributed by atoms with Gasteiger partial charge in [0.1, 0.15) is 17.3 Å². The van der Waals surface area contributed by atoms with Crippen LogP contribution in [0, 0.1) is 12.7 Å². The van der Waals surface area contributed by atoms with Gasteiger partial charge in [-0.25, -0.2) is 9.29 Å². The highest BCUT2D eigenvalue weighted by Gasteiger charge is 2.40. The molecule has 0 atom stereocenters. The van der Waals surface area contributed by atoms with Crippen molar-refractivity contribution in [2.24, 2.45) is 0 Å². The summed E-state index contributed by atoms with van der Waals surface area (Å²) in [4.78, 5) is 27.8. The molecule has 150 valence electrons. The highest BCUT2D eigenvalue weighted by molar-refractivity contribution is 6.46. The zero-order valence-electron chi connectivity index (χ0n) is 16.5. The third kappa shape index (κ3) is 3.43. The topological polar surface area (TPSA) is 58.6 Å². The summed E-state index contributed by atoms with van der Waals surface area (Å²) in [7, 11) is 1.57. The van der Waals surface area contributed by atoms with Gasteiger partial charge in [-0.2, -0.15) is 0 Å². The Hall–Kier alpha value is -3.93. The lowest BCUT2D eigenvalue weighted by molar-refractivity contribution is -0.120. The molecule has 2 amide bonds. The second-order valence-corrected chi connectivity index (χ2v) is 6.84. The number of ether oxygens (including phenoxy) is 1. The van der Waals surface area contributed by atoms with Crippen LogP contribution in [0.2, 0.25) is 0 Å². The first kappa shape index (κ1) is 19.4. The summed E-state index contributed by atoms with van der Waals surface area (Å²) in [5.41, 5.74) is 2.72. The quantitative estimate of drug-likeness (QED) is 0.637. The number of nitrogens with one attached hydrogen (secondary N) is 1. The molecule has 0 saturated carbocycles. The maximum Gasteiger partial charge on any atom is 0.282 e. The van der Waals surface area contributed by atoms with E-state index in [0.717, 1.165) is 10.5 Å². The molecule has 0 bridgehead atoms. The van der Waals surface area contributed by atoms with E-state index in [1.54, 1.807) is 43.5 Å².